The molecule has 128 valence electrons. The number of nitrogens with zero attached hydrogens (tertiary/aromatic N) is 6. The van der Waals surface area contributed by atoms with Crippen LogP contribution in [0.15, 0.2) is 43.1 Å². The zero-order valence-electron chi connectivity index (χ0n) is 13.6. The maximum atomic E-state index is 9.28. The lowest BCUT2D eigenvalue weighted by Gasteiger charge is -2.09. The average Bonchev–Trinajstić information content (AvgIpc) is 3.33. The van der Waals surface area contributed by atoms with Gasteiger partial charge in [0.2, 0.25) is 5.95 Å². The fourth-order valence-corrected chi connectivity index (χ4v) is 2.71. The largest absolute Gasteiger partial charge is 0.395 e. The van der Waals surface area contributed by atoms with Gasteiger partial charge in [-0.3, -0.25) is 5.10 Å². The van der Waals surface area contributed by atoms with Crippen molar-refractivity contribution in [3.05, 3.63) is 48.7 Å². The van der Waals surface area contributed by atoms with Gasteiger partial charge in [0.15, 0.2) is 0 Å². The summed E-state index contributed by atoms with van der Waals surface area (Å²) in [4.78, 5) is 12.7. The van der Waals surface area contributed by atoms with Crippen molar-refractivity contribution in [3.63, 3.8) is 0 Å². The highest BCUT2D eigenvalue weighted by atomic mass is 16.3. The van der Waals surface area contributed by atoms with Gasteiger partial charge in [0.25, 0.3) is 0 Å². The molecule has 9 heteroatoms. The number of fused-ring (bicyclic) bond motifs is 1. The number of hydrogen-bond donors (Lipinski definition) is 3. The lowest BCUT2D eigenvalue weighted by molar-refractivity contribution is 0.278. The first-order valence-electron chi connectivity index (χ1n) is 7.87. The fourth-order valence-electron chi connectivity index (χ4n) is 2.71. The molecule has 9 nitrogen and oxygen atoms in total. The molecule has 0 amide bonds. The average molecular weight is 346 g/mol. The first kappa shape index (κ1) is 15.7. The molecule has 0 spiro atoms. The number of imidazole rings is 1. The number of aliphatic hydroxyl groups excluding tert-OH is 1. The van der Waals surface area contributed by atoms with Crippen LogP contribution >= 0.6 is 0 Å². The maximum Gasteiger partial charge on any atom is 0.227 e. The first-order chi connectivity index (χ1) is 12.8. The van der Waals surface area contributed by atoms with Crippen molar-refractivity contribution in [1.29, 1.82) is 5.26 Å². The van der Waals surface area contributed by atoms with E-state index in [1.165, 1.54) is 12.4 Å². The van der Waals surface area contributed by atoms with Gasteiger partial charge in [0.1, 0.15) is 6.07 Å². The van der Waals surface area contributed by atoms with E-state index in [0.29, 0.717) is 18.1 Å². The summed E-state index contributed by atoms with van der Waals surface area (Å²) in [6, 6.07) is 7.69. The molecule has 3 N–H and O–H groups in total. The highest BCUT2D eigenvalue weighted by Crippen LogP contribution is 2.31. The van der Waals surface area contributed by atoms with Gasteiger partial charge in [-0.05, 0) is 18.2 Å². The second-order valence-electron chi connectivity index (χ2n) is 5.56. The molecular formula is C17H14N8O. The third kappa shape index (κ3) is 2.85. The molecule has 0 saturated heterocycles. The molecule has 26 heavy (non-hydrogen) atoms. The quantitative estimate of drug-likeness (QED) is 0.503. The lowest BCUT2D eigenvalue weighted by Crippen LogP contribution is -2.01. The molecule has 0 unspecified atom stereocenters. The van der Waals surface area contributed by atoms with Crippen LogP contribution in [0.3, 0.4) is 0 Å². The molecule has 3 heterocycles. The maximum absolute atomic E-state index is 9.28. The van der Waals surface area contributed by atoms with Crippen molar-refractivity contribution in [3.8, 4) is 17.3 Å². The van der Waals surface area contributed by atoms with Crippen molar-refractivity contribution in [2.24, 2.45) is 0 Å². The summed E-state index contributed by atoms with van der Waals surface area (Å²) in [5.41, 5.74) is 4.51. The third-order valence-corrected chi connectivity index (χ3v) is 3.89. The van der Waals surface area contributed by atoms with Gasteiger partial charge in [0, 0.05) is 24.0 Å². The number of aromatic nitrogens is 6. The Bertz CT molecular complexity index is 1080. The van der Waals surface area contributed by atoms with Gasteiger partial charge in [-0.25, -0.2) is 15.0 Å². The van der Waals surface area contributed by atoms with Gasteiger partial charge in [-0.15, -0.1) is 0 Å². The standard InChI is InChI=1S/C17H14N8O/c18-7-11-8-19-17(20-9-11)23-12-5-13(14-1-2-22-24-14)16-15(6-12)25(3-4-26)10-21-16/h1-2,5-6,8-10,26H,3-4H2,(H,22,24)(H,19,20,23). The second kappa shape index (κ2) is 6.62. The summed E-state index contributed by atoms with van der Waals surface area (Å²) in [6.45, 7) is 0.455. The minimum absolute atomic E-state index is 0.0151. The Balaban J connectivity index is 1.80. The summed E-state index contributed by atoms with van der Waals surface area (Å²) in [7, 11) is 0. The minimum Gasteiger partial charge on any atom is -0.395 e. The van der Waals surface area contributed by atoms with E-state index in [1.807, 2.05) is 28.8 Å². The summed E-state index contributed by atoms with van der Waals surface area (Å²) in [6.07, 6.45) is 6.29. The van der Waals surface area contributed by atoms with Crippen LogP contribution in [-0.2, 0) is 6.54 Å². The van der Waals surface area contributed by atoms with E-state index >= 15 is 0 Å². The Morgan fingerprint density at radius 2 is 2.08 bits per heavy atom. The Labute approximate surface area is 148 Å². The van der Waals surface area contributed by atoms with Crippen LogP contribution < -0.4 is 5.32 Å². The van der Waals surface area contributed by atoms with E-state index in [-0.39, 0.29) is 6.61 Å². The van der Waals surface area contributed by atoms with Gasteiger partial charge >= 0.3 is 0 Å². The SMILES string of the molecule is N#Cc1cnc(Nc2cc(-c3ccn[nH]3)c3ncn(CCO)c3c2)nc1. The topological polar surface area (TPSA) is 128 Å². The van der Waals surface area contributed by atoms with Gasteiger partial charge in [-0.2, -0.15) is 10.4 Å². The molecular weight excluding hydrogens is 332 g/mol. The molecule has 0 aliphatic carbocycles. The van der Waals surface area contributed by atoms with Gasteiger partial charge in [0.05, 0.1) is 47.6 Å². The summed E-state index contributed by atoms with van der Waals surface area (Å²) in [5.74, 6) is 0.382. The van der Waals surface area contributed by atoms with Gasteiger partial charge < -0.3 is 15.0 Å². The number of H-pyrrole nitrogens is 1. The number of rotatable bonds is 5. The molecule has 0 atom stereocenters. The predicted octanol–water partition coefficient (Wildman–Crippen LogP) is 1.82. The summed E-state index contributed by atoms with van der Waals surface area (Å²) in [5, 5.41) is 28.2. The number of anilines is 2. The minimum atomic E-state index is 0.0151. The monoisotopic (exact) mass is 346 g/mol. The zero-order valence-corrected chi connectivity index (χ0v) is 13.6. The Hall–Kier alpha value is -3.77. The summed E-state index contributed by atoms with van der Waals surface area (Å²) >= 11 is 0. The van der Waals surface area contributed by atoms with Crippen LogP contribution in [0.2, 0.25) is 0 Å². The molecule has 0 radical (unpaired) electrons. The van der Waals surface area contributed by atoms with Crippen LogP contribution in [0.25, 0.3) is 22.3 Å². The van der Waals surface area contributed by atoms with Crippen LogP contribution in [-0.4, -0.2) is 41.4 Å². The lowest BCUT2D eigenvalue weighted by atomic mass is 10.1. The van der Waals surface area contributed by atoms with E-state index in [1.54, 1.807) is 12.5 Å². The fraction of sp³-hybridized carbons (Fsp3) is 0.118. The van der Waals surface area contributed by atoms with Crippen LogP contribution in [0.4, 0.5) is 11.6 Å². The Morgan fingerprint density at radius 1 is 1.23 bits per heavy atom. The van der Waals surface area contributed by atoms with Crippen molar-refractivity contribution in [2.45, 2.75) is 6.54 Å². The number of aromatic amines is 1. The molecule has 1 aromatic carbocycles. The normalized spacial score (nSPS) is 10.8. The van der Waals surface area contributed by atoms with Crippen molar-refractivity contribution in [1.82, 2.24) is 29.7 Å². The molecule has 0 aliphatic rings. The third-order valence-electron chi connectivity index (χ3n) is 3.89. The van der Waals surface area contributed by atoms with Crippen molar-refractivity contribution in [2.75, 3.05) is 11.9 Å². The molecule has 4 aromatic rings. The van der Waals surface area contributed by atoms with E-state index in [0.717, 1.165) is 28.0 Å². The van der Waals surface area contributed by atoms with Crippen molar-refractivity contribution < 1.29 is 5.11 Å². The number of nitriles is 1. The number of benzene rings is 1. The van der Waals surface area contributed by atoms with Crippen molar-refractivity contribution >= 4 is 22.7 Å². The highest BCUT2D eigenvalue weighted by Gasteiger charge is 2.13. The van der Waals surface area contributed by atoms with Crippen LogP contribution in [0, 0.1) is 11.3 Å². The summed E-state index contributed by atoms with van der Waals surface area (Å²) < 4.78 is 1.88. The first-order valence-corrected chi connectivity index (χ1v) is 7.87. The molecule has 0 aliphatic heterocycles. The van der Waals surface area contributed by atoms with Crippen LogP contribution in [0.5, 0.6) is 0 Å². The number of hydrogen-bond acceptors (Lipinski definition) is 7. The zero-order chi connectivity index (χ0) is 17.9. The molecule has 0 saturated carbocycles. The predicted molar refractivity (Wildman–Crippen MR) is 94.4 cm³/mol. The van der Waals surface area contributed by atoms with E-state index in [9.17, 15) is 5.11 Å². The molecule has 0 bridgehead atoms. The smallest absolute Gasteiger partial charge is 0.227 e. The molecule has 4 rings (SSSR count). The molecule has 3 aromatic heterocycles. The van der Waals surface area contributed by atoms with E-state index < -0.39 is 0 Å². The van der Waals surface area contributed by atoms with Crippen LogP contribution in [0.1, 0.15) is 5.56 Å². The number of aliphatic hydroxyl groups is 1. The van der Waals surface area contributed by atoms with E-state index in [2.05, 4.69) is 30.5 Å². The number of nitrogens with one attached hydrogen (secondary N) is 2. The molecule has 0 fully saturated rings. The van der Waals surface area contributed by atoms with E-state index in [4.69, 9.17) is 5.26 Å². The Morgan fingerprint density at radius 3 is 2.77 bits per heavy atom. The van der Waals surface area contributed by atoms with Gasteiger partial charge in [-0.1, -0.05) is 0 Å². The second-order valence-corrected chi connectivity index (χ2v) is 5.56. The Kier molecular flexibility index (Phi) is 4.01. The highest BCUT2D eigenvalue weighted by molar-refractivity contribution is 5.94.